The Morgan fingerprint density at radius 2 is 2.03 bits per heavy atom. The second-order valence-corrected chi connectivity index (χ2v) is 8.49. The molecule has 166 valence electrons. The van der Waals surface area contributed by atoms with Crippen LogP contribution in [0.2, 0.25) is 0 Å². The summed E-state index contributed by atoms with van der Waals surface area (Å²) in [6.45, 7) is 4.22. The molecule has 0 bridgehead atoms. The number of aromatic nitrogens is 2. The van der Waals surface area contributed by atoms with Crippen molar-refractivity contribution in [3.63, 3.8) is 0 Å². The number of likely N-dealkylation sites (tertiary alicyclic amines) is 1. The highest BCUT2D eigenvalue weighted by atomic mass is 32.1. The van der Waals surface area contributed by atoms with E-state index in [4.69, 9.17) is 21.9 Å². The van der Waals surface area contributed by atoms with Gasteiger partial charge in [0.15, 0.2) is 5.11 Å². The number of hydrogen-bond donors (Lipinski definition) is 2. The minimum Gasteiger partial charge on any atom is -0.450 e. The average molecular weight is 444 g/mol. The minimum absolute atomic E-state index is 0.0239. The van der Waals surface area contributed by atoms with Gasteiger partial charge in [-0.25, -0.2) is 9.78 Å². The number of hydrogen-bond acceptors (Lipinski definition) is 5. The van der Waals surface area contributed by atoms with Gasteiger partial charge in [0, 0.05) is 37.8 Å². The molecule has 2 N–H and O–H groups in total. The number of benzene rings is 1. The zero-order chi connectivity index (χ0) is 21.8. The topological polar surface area (TPSA) is 88.5 Å². The Bertz CT molecular complexity index is 1030. The maximum atomic E-state index is 13.0. The average Bonchev–Trinajstić information content (AvgIpc) is 3.01. The molecule has 8 nitrogen and oxygen atoms in total. The van der Waals surface area contributed by atoms with Gasteiger partial charge in [0.25, 0.3) is 5.56 Å². The third-order valence-corrected chi connectivity index (χ3v) is 6.15. The van der Waals surface area contributed by atoms with Crippen LogP contribution in [0.3, 0.4) is 0 Å². The zero-order valence-corrected chi connectivity index (χ0v) is 18.7. The van der Waals surface area contributed by atoms with Crippen LogP contribution in [0.1, 0.15) is 44.9 Å². The van der Waals surface area contributed by atoms with Crippen molar-refractivity contribution in [1.82, 2.24) is 19.8 Å². The summed E-state index contributed by atoms with van der Waals surface area (Å²) in [4.78, 5) is 31.3. The maximum Gasteiger partial charge on any atom is 0.409 e. The van der Waals surface area contributed by atoms with Crippen molar-refractivity contribution in [3.8, 4) is 0 Å². The molecule has 0 unspecified atom stereocenters. The summed E-state index contributed by atoms with van der Waals surface area (Å²) in [5.41, 5.74) is 1.52. The predicted molar refractivity (Wildman–Crippen MR) is 125 cm³/mol. The third kappa shape index (κ3) is 4.98. The number of thiocarbonyl (C=S) groups is 1. The van der Waals surface area contributed by atoms with Crippen molar-refractivity contribution in [2.75, 3.05) is 25.0 Å². The molecule has 0 saturated carbocycles. The van der Waals surface area contributed by atoms with Crippen molar-refractivity contribution in [1.29, 1.82) is 0 Å². The van der Waals surface area contributed by atoms with Crippen LogP contribution in [0.4, 0.5) is 10.5 Å². The highest BCUT2D eigenvalue weighted by molar-refractivity contribution is 7.80. The Kier molecular flexibility index (Phi) is 6.70. The van der Waals surface area contributed by atoms with Crippen LogP contribution in [-0.2, 0) is 17.7 Å². The van der Waals surface area contributed by atoms with E-state index in [-0.39, 0.29) is 17.7 Å². The number of rotatable bonds is 3. The SMILES string of the molecule is CCOC(=O)N1CCC(NC(=S)Nc2ccc3nc4n(c(=O)c3c2)CCCCC4)CC1. The smallest absolute Gasteiger partial charge is 0.409 e. The predicted octanol–water partition coefficient (Wildman–Crippen LogP) is 3.03. The van der Waals surface area contributed by atoms with Crippen LogP contribution < -0.4 is 16.2 Å². The number of piperidine rings is 1. The van der Waals surface area contributed by atoms with E-state index in [0.717, 1.165) is 62.1 Å². The van der Waals surface area contributed by atoms with Crippen molar-refractivity contribution in [2.24, 2.45) is 0 Å². The second kappa shape index (κ2) is 9.64. The van der Waals surface area contributed by atoms with E-state index in [1.165, 1.54) is 0 Å². The first kappa shape index (κ1) is 21.5. The number of nitrogens with zero attached hydrogens (tertiary/aromatic N) is 3. The summed E-state index contributed by atoms with van der Waals surface area (Å²) < 4.78 is 6.89. The molecule has 31 heavy (non-hydrogen) atoms. The van der Waals surface area contributed by atoms with Gasteiger partial charge in [0.1, 0.15) is 5.82 Å². The lowest BCUT2D eigenvalue weighted by Crippen LogP contribution is -2.47. The molecule has 2 aromatic rings. The molecular weight excluding hydrogens is 414 g/mol. The number of ether oxygens (including phenoxy) is 1. The molecule has 0 radical (unpaired) electrons. The van der Waals surface area contributed by atoms with Gasteiger partial charge in [-0.3, -0.25) is 9.36 Å². The van der Waals surface area contributed by atoms with E-state index in [1.54, 1.807) is 4.90 Å². The molecule has 2 aliphatic heterocycles. The summed E-state index contributed by atoms with van der Waals surface area (Å²) in [7, 11) is 0. The van der Waals surface area contributed by atoms with E-state index in [1.807, 2.05) is 29.7 Å². The van der Waals surface area contributed by atoms with Crippen LogP contribution in [0.25, 0.3) is 10.9 Å². The zero-order valence-electron chi connectivity index (χ0n) is 17.9. The maximum absolute atomic E-state index is 13.0. The molecule has 3 heterocycles. The fourth-order valence-corrected chi connectivity index (χ4v) is 4.55. The first-order chi connectivity index (χ1) is 15.0. The first-order valence-electron chi connectivity index (χ1n) is 11.1. The molecule has 1 aromatic heterocycles. The highest BCUT2D eigenvalue weighted by Crippen LogP contribution is 2.19. The second-order valence-electron chi connectivity index (χ2n) is 8.09. The van der Waals surface area contributed by atoms with Gasteiger partial charge in [-0.2, -0.15) is 0 Å². The lowest BCUT2D eigenvalue weighted by atomic mass is 10.1. The number of nitrogens with one attached hydrogen (secondary N) is 2. The lowest BCUT2D eigenvalue weighted by Gasteiger charge is -2.32. The number of carbonyl (C=O) groups is 1. The van der Waals surface area contributed by atoms with Gasteiger partial charge < -0.3 is 20.3 Å². The molecule has 1 saturated heterocycles. The molecule has 4 rings (SSSR count). The molecule has 9 heteroatoms. The van der Waals surface area contributed by atoms with E-state index in [2.05, 4.69) is 10.6 Å². The minimum atomic E-state index is -0.254. The normalized spacial score (nSPS) is 17.0. The summed E-state index contributed by atoms with van der Waals surface area (Å²) >= 11 is 5.48. The van der Waals surface area contributed by atoms with Crippen LogP contribution in [-0.4, -0.2) is 51.4 Å². The molecular formula is C22H29N5O3S. The highest BCUT2D eigenvalue weighted by Gasteiger charge is 2.24. The summed E-state index contributed by atoms with van der Waals surface area (Å²) in [5, 5.41) is 7.64. The van der Waals surface area contributed by atoms with Gasteiger partial charge in [0.2, 0.25) is 0 Å². The van der Waals surface area contributed by atoms with Crippen LogP contribution in [0.15, 0.2) is 23.0 Å². The van der Waals surface area contributed by atoms with Crippen molar-refractivity contribution < 1.29 is 9.53 Å². The van der Waals surface area contributed by atoms with Gasteiger partial charge in [0.05, 0.1) is 17.5 Å². The van der Waals surface area contributed by atoms with Crippen molar-refractivity contribution in [2.45, 2.75) is 58.0 Å². The monoisotopic (exact) mass is 443 g/mol. The Morgan fingerprint density at radius 1 is 1.23 bits per heavy atom. The first-order valence-corrected chi connectivity index (χ1v) is 11.5. The van der Waals surface area contributed by atoms with Crippen LogP contribution in [0, 0.1) is 0 Å². The Labute approximate surface area is 187 Å². The molecule has 0 aliphatic carbocycles. The van der Waals surface area contributed by atoms with Crippen LogP contribution in [0.5, 0.6) is 0 Å². The summed E-state index contributed by atoms with van der Waals surface area (Å²) in [6, 6.07) is 5.81. The number of carbonyl (C=O) groups excluding carboxylic acids is 1. The third-order valence-electron chi connectivity index (χ3n) is 5.93. The van der Waals surface area contributed by atoms with Crippen molar-refractivity contribution in [3.05, 3.63) is 34.4 Å². The van der Waals surface area contributed by atoms with E-state index in [0.29, 0.717) is 30.2 Å². The largest absolute Gasteiger partial charge is 0.450 e. The van der Waals surface area contributed by atoms with Crippen molar-refractivity contribution >= 4 is 40.0 Å². The summed E-state index contributed by atoms with van der Waals surface area (Å²) in [6.07, 6.45) is 5.43. The molecule has 0 spiro atoms. The van der Waals surface area contributed by atoms with Gasteiger partial charge in [-0.15, -0.1) is 0 Å². The Balaban J connectivity index is 1.40. The fourth-order valence-electron chi connectivity index (χ4n) is 4.27. The van der Waals surface area contributed by atoms with Gasteiger partial charge >= 0.3 is 6.09 Å². The Morgan fingerprint density at radius 3 is 2.81 bits per heavy atom. The quantitative estimate of drug-likeness (QED) is 0.705. The molecule has 1 amide bonds. The van der Waals surface area contributed by atoms with Gasteiger partial charge in [-0.1, -0.05) is 6.42 Å². The number of anilines is 1. The number of aryl methyl sites for hydroxylation is 1. The van der Waals surface area contributed by atoms with Crippen LogP contribution >= 0.6 is 12.2 Å². The molecule has 2 aliphatic rings. The lowest BCUT2D eigenvalue weighted by molar-refractivity contribution is 0.0964. The standard InChI is InChI=1S/C22H29N5O3S/c1-2-30-22(29)26-12-9-15(10-13-26)23-21(31)24-16-7-8-18-17(14-16)20(28)27-11-5-3-4-6-19(27)25-18/h7-8,14-15H,2-6,9-13H2,1H3,(H2,23,24,31). The van der Waals surface area contributed by atoms with Gasteiger partial charge in [-0.05, 0) is 63.0 Å². The molecule has 1 aromatic carbocycles. The molecule has 0 atom stereocenters. The number of amides is 1. The molecule has 1 fully saturated rings. The van der Waals surface area contributed by atoms with E-state index in [9.17, 15) is 9.59 Å². The van der Waals surface area contributed by atoms with E-state index >= 15 is 0 Å². The fraction of sp³-hybridized carbons (Fsp3) is 0.545. The Hall–Kier alpha value is -2.68. The number of fused-ring (bicyclic) bond motifs is 2. The summed E-state index contributed by atoms with van der Waals surface area (Å²) in [5.74, 6) is 0.891. The van der Waals surface area contributed by atoms with E-state index < -0.39 is 0 Å².